The van der Waals surface area contributed by atoms with Gasteiger partial charge in [0, 0.05) is 22.2 Å². The minimum absolute atomic E-state index is 0.778. The van der Waals surface area contributed by atoms with E-state index < -0.39 is 0 Å². The molecule has 0 bridgehead atoms. The molecule has 1 saturated heterocycles. The van der Waals surface area contributed by atoms with Gasteiger partial charge in [-0.25, -0.2) is 0 Å². The van der Waals surface area contributed by atoms with E-state index >= 15 is 0 Å². The number of halogens is 1. The first-order valence-electron chi connectivity index (χ1n) is 7.34. The standard InChI is InChI=1S/C15H20IN5/c1-17-10-11-5-7-21(8-6-11)15-18-14(19-20-15)12-3-2-4-13(16)9-12/h2-4,9,11,17H,5-8,10H2,1H3,(H,18,19,20). The quantitative estimate of drug-likeness (QED) is 0.779. The van der Waals surface area contributed by atoms with Crippen molar-refractivity contribution in [2.45, 2.75) is 12.8 Å². The maximum atomic E-state index is 4.66. The molecule has 2 N–H and O–H groups in total. The Kier molecular flexibility index (Phi) is 4.74. The highest BCUT2D eigenvalue weighted by Crippen LogP contribution is 2.23. The largest absolute Gasteiger partial charge is 0.340 e. The third-order valence-electron chi connectivity index (χ3n) is 3.96. The molecule has 0 atom stereocenters. The molecule has 0 amide bonds. The molecule has 2 aromatic rings. The first-order valence-corrected chi connectivity index (χ1v) is 8.42. The fourth-order valence-corrected chi connectivity index (χ4v) is 3.33. The summed E-state index contributed by atoms with van der Waals surface area (Å²) in [6.45, 7) is 3.18. The first kappa shape index (κ1) is 14.8. The van der Waals surface area contributed by atoms with Crippen molar-refractivity contribution in [2.75, 3.05) is 31.6 Å². The molecule has 5 nitrogen and oxygen atoms in total. The Bertz CT molecular complexity index is 589. The Labute approximate surface area is 138 Å². The summed E-state index contributed by atoms with van der Waals surface area (Å²) < 4.78 is 1.20. The van der Waals surface area contributed by atoms with Gasteiger partial charge in [0.1, 0.15) is 0 Å². The minimum Gasteiger partial charge on any atom is -0.340 e. The number of piperidine rings is 1. The van der Waals surface area contributed by atoms with Gasteiger partial charge in [0.15, 0.2) is 5.82 Å². The number of aromatic amines is 1. The summed E-state index contributed by atoms with van der Waals surface area (Å²) in [6, 6.07) is 8.30. The molecule has 3 rings (SSSR count). The average Bonchev–Trinajstić information content (AvgIpc) is 2.98. The molecule has 2 heterocycles. The van der Waals surface area contributed by atoms with Crippen LogP contribution in [0, 0.1) is 9.49 Å². The fourth-order valence-electron chi connectivity index (χ4n) is 2.79. The van der Waals surface area contributed by atoms with Gasteiger partial charge in [0.05, 0.1) is 0 Å². The average molecular weight is 397 g/mol. The van der Waals surface area contributed by atoms with E-state index in [1.165, 1.54) is 16.4 Å². The Balaban J connectivity index is 1.68. The summed E-state index contributed by atoms with van der Waals surface area (Å²) in [5.41, 5.74) is 1.09. The zero-order valence-electron chi connectivity index (χ0n) is 12.1. The van der Waals surface area contributed by atoms with Crippen molar-refractivity contribution >= 4 is 28.5 Å². The monoisotopic (exact) mass is 397 g/mol. The molecular weight excluding hydrogens is 377 g/mol. The van der Waals surface area contributed by atoms with E-state index in [-0.39, 0.29) is 0 Å². The summed E-state index contributed by atoms with van der Waals surface area (Å²) in [6.07, 6.45) is 2.40. The fraction of sp³-hybridized carbons (Fsp3) is 0.467. The zero-order chi connectivity index (χ0) is 14.7. The molecule has 0 radical (unpaired) electrons. The van der Waals surface area contributed by atoms with Gasteiger partial charge in [-0.05, 0) is 67.1 Å². The number of anilines is 1. The molecule has 1 aromatic carbocycles. The van der Waals surface area contributed by atoms with Gasteiger partial charge in [-0.15, -0.1) is 5.10 Å². The number of benzene rings is 1. The molecule has 1 aromatic heterocycles. The van der Waals surface area contributed by atoms with Crippen molar-refractivity contribution in [2.24, 2.45) is 5.92 Å². The van der Waals surface area contributed by atoms with Crippen molar-refractivity contribution < 1.29 is 0 Å². The maximum absolute atomic E-state index is 4.66. The van der Waals surface area contributed by atoms with Crippen molar-refractivity contribution in [3.05, 3.63) is 27.8 Å². The Morgan fingerprint density at radius 3 is 2.90 bits per heavy atom. The lowest BCUT2D eigenvalue weighted by atomic mass is 9.97. The van der Waals surface area contributed by atoms with Crippen LogP contribution in [0.4, 0.5) is 5.95 Å². The van der Waals surface area contributed by atoms with Crippen molar-refractivity contribution in [3.8, 4) is 11.4 Å². The van der Waals surface area contributed by atoms with Gasteiger partial charge in [0.2, 0.25) is 5.95 Å². The number of hydrogen-bond acceptors (Lipinski definition) is 4. The smallest absolute Gasteiger partial charge is 0.245 e. The zero-order valence-corrected chi connectivity index (χ0v) is 14.3. The van der Waals surface area contributed by atoms with Crippen LogP contribution >= 0.6 is 22.6 Å². The van der Waals surface area contributed by atoms with Gasteiger partial charge >= 0.3 is 0 Å². The van der Waals surface area contributed by atoms with Gasteiger partial charge in [-0.3, -0.25) is 5.10 Å². The number of aromatic nitrogens is 3. The molecule has 112 valence electrons. The van der Waals surface area contributed by atoms with E-state index in [9.17, 15) is 0 Å². The Hall–Kier alpha value is -1.15. The molecule has 21 heavy (non-hydrogen) atoms. The van der Waals surface area contributed by atoms with E-state index in [4.69, 9.17) is 0 Å². The highest BCUT2D eigenvalue weighted by molar-refractivity contribution is 14.1. The Morgan fingerprint density at radius 2 is 2.19 bits per heavy atom. The van der Waals surface area contributed by atoms with E-state index in [0.717, 1.165) is 42.9 Å². The lowest BCUT2D eigenvalue weighted by Crippen LogP contribution is -2.37. The minimum atomic E-state index is 0.778. The number of nitrogens with zero attached hydrogens (tertiary/aromatic N) is 3. The summed E-state index contributed by atoms with van der Waals surface area (Å²) in [5, 5.41) is 10.7. The van der Waals surface area contributed by atoms with Crippen molar-refractivity contribution in [3.63, 3.8) is 0 Å². The van der Waals surface area contributed by atoms with E-state index in [1.807, 2.05) is 13.1 Å². The van der Waals surface area contributed by atoms with Gasteiger partial charge < -0.3 is 10.2 Å². The van der Waals surface area contributed by atoms with Crippen LogP contribution in [0.3, 0.4) is 0 Å². The number of nitrogens with one attached hydrogen (secondary N) is 2. The van der Waals surface area contributed by atoms with Crippen LogP contribution < -0.4 is 10.2 Å². The predicted molar refractivity (Wildman–Crippen MR) is 93.4 cm³/mol. The molecule has 0 spiro atoms. The van der Waals surface area contributed by atoms with Crippen molar-refractivity contribution in [1.82, 2.24) is 20.5 Å². The second-order valence-corrected chi connectivity index (χ2v) is 6.73. The normalized spacial score (nSPS) is 16.4. The second kappa shape index (κ2) is 6.74. The molecule has 0 saturated carbocycles. The van der Waals surface area contributed by atoms with Crippen LogP contribution in [-0.2, 0) is 0 Å². The summed E-state index contributed by atoms with van der Waals surface area (Å²) >= 11 is 2.31. The molecule has 0 aliphatic carbocycles. The van der Waals surface area contributed by atoms with Gasteiger partial charge in [0.25, 0.3) is 0 Å². The number of rotatable bonds is 4. The maximum Gasteiger partial charge on any atom is 0.245 e. The van der Waals surface area contributed by atoms with Crippen LogP contribution in [0.15, 0.2) is 24.3 Å². The highest BCUT2D eigenvalue weighted by atomic mass is 127. The topological polar surface area (TPSA) is 56.8 Å². The second-order valence-electron chi connectivity index (χ2n) is 5.48. The third kappa shape index (κ3) is 3.55. The highest BCUT2D eigenvalue weighted by Gasteiger charge is 2.21. The van der Waals surface area contributed by atoms with Crippen LogP contribution in [0.5, 0.6) is 0 Å². The Morgan fingerprint density at radius 1 is 1.38 bits per heavy atom. The van der Waals surface area contributed by atoms with Crippen LogP contribution in [-0.4, -0.2) is 41.9 Å². The number of hydrogen-bond donors (Lipinski definition) is 2. The van der Waals surface area contributed by atoms with Gasteiger partial charge in [-0.2, -0.15) is 4.98 Å². The summed E-state index contributed by atoms with van der Waals surface area (Å²) in [5.74, 6) is 2.45. The molecule has 1 fully saturated rings. The summed E-state index contributed by atoms with van der Waals surface area (Å²) in [4.78, 5) is 6.93. The van der Waals surface area contributed by atoms with E-state index in [2.05, 4.69) is 66.2 Å². The van der Waals surface area contributed by atoms with Gasteiger partial charge in [-0.1, -0.05) is 12.1 Å². The molecule has 1 aliphatic heterocycles. The lowest BCUT2D eigenvalue weighted by molar-refractivity contribution is 0.391. The van der Waals surface area contributed by atoms with Crippen molar-refractivity contribution in [1.29, 1.82) is 0 Å². The lowest BCUT2D eigenvalue weighted by Gasteiger charge is -2.30. The number of H-pyrrole nitrogens is 1. The molecular formula is C15H20IN5. The molecule has 0 unspecified atom stereocenters. The van der Waals surface area contributed by atoms with Crippen LogP contribution in [0.25, 0.3) is 11.4 Å². The third-order valence-corrected chi connectivity index (χ3v) is 4.63. The molecule has 1 aliphatic rings. The van der Waals surface area contributed by atoms with E-state index in [0.29, 0.717) is 0 Å². The molecule has 6 heteroatoms. The van der Waals surface area contributed by atoms with Crippen LogP contribution in [0.1, 0.15) is 12.8 Å². The predicted octanol–water partition coefficient (Wildman–Crippen LogP) is 2.51. The SMILES string of the molecule is CNCC1CCN(c2n[nH]c(-c3cccc(I)c3)n2)CC1. The van der Waals surface area contributed by atoms with E-state index in [1.54, 1.807) is 0 Å². The first-order chi connectivity index (χ1) is 10.3. The summed E-state index contributed by atoms with van der Waals surface area (Å²) in [7, 11) is 2.02. The van der Waals surface area contributed by atoms with Crippen LogP contribution in [0.2, 0.25) is 0 Å².